The summed E-state index contributed by atoms with van der Waals surface area (Å²) >= 11 is 0. The zero-order valence-electron chi connectivity index (χ0n) is 11.9. The molecule has 0 radical (unpaired) electrons. The molecule has 0 spiro atoms. The molecule has 2 rings (SSSR count). The lowest BCUT2D eigenvalue weighted by Gasteiger charge is -2.26. The van der Waals surface area contributed by atoms with Gasteiger partial charge in [-0.2, -0.15) is 0 Å². The topological polar surface area (TPSA) is 89.3 Å². The van der Waals surface area contributed by atoms with Crippen molar-refractivity contribution in [2.75, 3.05) is 11.1 Å². The standard InChI is InChI=1S/C14H20N2O3S/c1-14(2,3)12(15)8-20(18,19)10-4-5-11-9(6-10)7-13(17)16-11/h4-6,12H,7-8,15H2,1-3H3,(H,16,17). The van der Waals surface area contributed by atoms with E-state index in [2.05, 4.69) is 5.32 Å². The highest BCUT2D eigenvalue weighted by Crippen LogP contribution is 2.27. The molecule has 0 fully saturated rings. The number of carbonyl (C=O) groups is 1. The Hall–Kier alpha value is -1.40. The van der Waals surface area contributed by atoms with E-state index >= 15 is 0 Å². The number of carbonyl (C=O) groups excluding carboxylic acids is 1. The Balaban J connectivity index is 2.28. The zero-order valence-corrected chi connectivity index (χ0v) is 12.8. The lowest BCUT2D eigenvalue weighted by atomic mass is 9.89. The first-order valence-electron chi connectivity index (χ1n) is 6.51. The number of hydrogen-bond acceptors (Lipinski definition) is 4. The lowest BCUT2D eigenvalue weighted by molar-refractivity contribution is -0.115. The third-order valence-electron chi connectivity index (χ3n) is 3.57. The summed E-state index contributed by atoms with van der Waals surface area (Å²) in [6.45, 7) is 5.75. The molecule has 1 aliphatic rings. The number of rotatable bonds is 3. The Morgan fingerprint density at radius 3 is 2.60 bits per heavy atom. The van der Waals surface area contributed by atoms with E-state index in [0.29, 0.717) is 5.69 Å². The second-order valence-corrected chi connectivity index (χ2v) is 8.33. The van der Waals surface area contributed by atoms with Crippen LogP contribution >= 0.6 is 0 Å². The molecule has 1 amide bonds. The minimum Gasteiger partial charge on any atom is -0.326 e. The van der Waals surface area contributed by atoms with Crippen molar-refractivity contribution in [3.63, 3.8) is 0 Å². The minimum absolute atomic E-state index is 0.101. The van der Waals surface area contributed by atoms with Gasteiger partial charge in [-0.15, -0.1) is 0 Å². The summed E-state index contributed by atoms with van der Waals surface area (Å²) in [4.78, 5) is 11.5. The van der Waals surface area contributed by atoms with Crippen LogP contribution in [0.5, 0.6) is 0 Å². The van der Waals surface area contributed by atoms with Crippen LogP contribution in [0.15, 0.2) is 23.1 Å². The highest BCUT2D eigenvalue weighted by Gasteiger charge is 2.28. The fraction of sp³-hybridized carbons (Fsp3) is 0.500. The van der Waals surface area contributed by atoms with E-state index < -0.39 is 15.9 Å². The van der Waals surface area contributed by atoms with Crippen LogP contribution in [0.2, 0.25) is 0 Å². The van der Waals surface area contributed by atoms with E-state index in [9.17, 15) is 13.2 Å². The van der Waals surface area contributed by atoms with Crippen molar-refractivity contribution in [2.24, 2.45) is 11.1 Å². The predicted octanol–water partition coefficient (Wildman–Crippen LogP) is 1.33. The Morgan fingerprint density at radius 2 is 2.00 bits per heavy atom. The molecule has 0 bridgehead atoms. The molecular formula is C14H20N2O3S. The molecule has 0 saturated heterocycles. The van der Waals surface area contributed by atoms with Gasteiger partial charge < -0.3 is 11.1 Å². The van der Waals surface area contributed by atoms with E-state index in [-0.39, 0.29) is 28.4 Å². The minimum atomic E-state index is -3.45. The van der Waals surface area contributed by atoms with Crippen LogP contribution < -0.4 is 11.1 Å². The molecule has 3 N–H and O–H groups in total. The van der Waals surface area contributed by atoms with Gasteiger partial charge in [-0.3, -0.25) is 4.79 Å². The molecule has 1 aromatic rings. The molecule has 0 saturated carbocycles. The van der Waals surface area contributed by atoms with Crippen molar-refractivity contribution in [3.05, 3.63) is 23.8 Å². The summed E-state index contributed by atoms with van der Waals surface area (Å²) in [5.74, 6) is -0.211. The first-order chi connectivity index (χ1) is 9.09. The summed E-state index contributed by atoms with van der Waals surface area (Å²) in [6.07, 6.45) is 0.226. The van der Waals surface area contributed by atoms with Crippen LogP contribution in [0.3, 0.4) is 0 Å². The van der Waals surface area contributed by atoms with Crippen LogP contribution in [0.4, 0.5) is 5.69 Å². The van der Waals surface area contributed by atoms with Gasteiger partial charge in [0, 0.05) is 11.7 Å². The van der Waals surface area contributed by atoms with Crippen molar-refractivity contribution in [1.29, 1.82) is 0 Å². The van der Waals surface area contributed by atoms with Gasteiger partial charge in [0.2, 0.25) is 5.91 Å². The number of hydrogen-bond donors (Lipinski definition) is 2. The van der Waals surface area contributed by atoms with Crippen molar-refractivity contribution >= 4 is 21.4 Å². The highest BCUT2D eigenvalue weighted by atomic mass is 32.2. The summed E-state index contributed by atoms with van der Waals surface area (Å²) < 4.78 is 24.8. The van der Waals surface area contributed by atoms with E-state index in [4.69, 9.17) is 5.73 Å². The third kappa shape index (κ3) is 3.02. The SMILES string of the molecule is CC(C)(C)C(N)CS(=O)(=O)c1ccc2c(c1)CC(=O)N2. The van der Waals surface area contributed by atoms with Crippen molar-refractivity contribution in [1.82, 2.24) is 0 Å². The summed E-state index contributed by atoms with van der Waals surface area (Å²) in [5.41, 5.74) is 7.10. The second kappa shape index (κ2) is 4.86. The van der Waals surface area contributed by atoms with Gasteiger partial charge in [-0.1, -0.05) is 20.8 Å². The predicted molar refractivity (Wildman–Crippen MR) is 78.3 cm³/mol. The molecule has 1 unspecified atom stereocenters. The number of nitrogens with two attached hydrogens (primary N) is 1. The second-order valence-electron chi connectivity index (χ2n) is 6.30. The summed E-state index contributed by atoms with van der Waals surface area (Å²) in [7, 11) is -3.45. The molecule has 0 aliphatic carbocycles. The molecule has 1 atom stereocenters. The van der Waals surface area contributed by atoms with E-state index in [0.717, 1.165) is 5.56 Å². The number of sulfone groups is 1. The maximum Gasteiger partial charge on any atom is 0.228 e. The highest BCUT2D eigenvalue weighted by molar-refractivity contribution is 7.91. The maximum absolute atomic E-state index is 12.4. The Morgan fingerprint density at radius 1 is 1.35 bits per heavy atom. The number of amides is 1. The van der Waals surface area contributed by atoms with E-state index in [1.807, 2.05) is 20.8 Å². The molecular weight excluding hydrogens is 276 g/mol. The number of nitrogens with one attached hydrogen (secondary N) is 1. The Labute approximate surface area is 119 Å². The zero-order chi connectivity index (χ0) is 15.1. The fourth-order valence-corrected chi connectivity index (χ4v) is 3.74. The number of anilines is 1. The smallest absolute Gasteiger partial charge is 0.228 e. The molecule has 110 valence electrons. The monoisotopic (exact) mass is 296 g/mol. The fourth-order valence-electron chi connectivity index (χ4n) is 1.98. The summed E-state index contributed by atoms with van der Waals surface area (Å²) in [6, 6.07) is 4.28. The van der Waals surface area contributed by atoms with Gasteiger partial charge in [-0.25, -0.2) is 8.42 Å². The van der Waals surface area contributed by atoms with Crippen LogP contribution in [-0.4, -0.2) is 26.1 Å². The summed E-state index contributed by atoms with van der Waals surface area (Å²) in [5, 5.41) is 2.68. The van der Waals surface area contributed by atoms with Crippen LogP contribution in [0.25, 0.3) is 0 Å². The largest absolute Gasteiger partial charge is 0.326 e. The van der Waals surface area contributed by atoms with Gasteiger partial charge in [0.05, 0.1) is 17.1 Å². The molecule has 6 heteroatoms. The molecule has 1 aromatic carbocycles. The van der Waals surface area contributed by atoms with E-state index in [1.165, 1.54) is 6.07 Å². The van der Waals surface area contributed by atoms with E-state index in [1.54, 1.807) is 12.1 Å². The van der Waals surface area contributed by atoms with Crippen LogP contribution in [-0.2, 0) is 21.1 Å². The van der Waals surface area contributed by atoms with Crippen molar-refractivity contribution in [3.8, 4) is 0 Å². The number of fused-ring (bicyclic) bond motifs is 1. The van der Waals surface area contributed by atoms with Gasteiger partial charge >= 0.3 is 0 Å². The average Bonchev–Trinajstić information content (AvgIpc) is 2.65. The van der Waals surface area contributed by atoms with Gasteiger partial charge in [0.1, 0.15) is 0 Å². The number of benzene rings is 1. The Bertz CT molecular complexity index is 645. The first-order valence-corrected chi connectivity index (χ1v) is 8.16. The third-order valence-corrected chi connectivity index (χ3v) is 5.34. The average molecular weight is 296 g/mol. The normalized spacial score (nSPS) is 16.7. The lowest BCUT2D eigenvalue weighted by Crippen LogP contribution is -2.41. The van der Waals surface area contributed by atoms with Crippen LogP contribution in [0, 0.1) is 5.41 Å². The molecule has 20 heavy (non-hydrogen) atoms. The first kappa shape index (κ1) is 15.0. The molecule has 5 nitrogen and oxygen atoms in total. The molecule has 0 aromatic heterocycles. The van der Waals surface area contributed by atoms with Crippen molar-refractivity contribution < 1.29 is 13.2 Å². The quantitative estimate of drug-likeness (QED) is 0.880. The van der Waals surface area contributed by atoms with Crippen LogP contribution in [0.1, 0.15) is 26.3 Å². The van der Waals surface area contributed by atoms with Gasteiger partial charge in [0.25, 0.3) is 0 Å². The van der Waals surface area contributed by atoms with Gasteiger partial charge in [0.15, 0.2) is 9.84 Å². The van der Waals surface area contributed by atoms with Gasteiger partial charge in [-0.05, 0) is 29.2 Å². The Kier molecular flexibility index (Phi) is 3.64. The van der Waals surface area contributed by atoms with Crippen molar-refractivity contribution in [2.45, 2.75) is 38.1 Å². The maximum atomic E-state index is 12.4. The molecule has 1 aliphatic heterocycles. The molecule has 1 heterocycles.